The van der Waals surface area contributed by atoms with Gasteiger partial charge in [0.1, 0.15) is 5.76 Å². The summed E-state index contributed by atoms with van der Waals surface area (Å²) in [5.41, 5.74) is 0.768. The zero-order valence-corrected chi connectivity index (χ0v) is 7.86. The molecule has 0 saturated carbocycles. The predicted octanol–water partition coefficient (Wildman–Crippen LogP) is 0.339. The Hall–Kier alpha value is -1.07. The van der Waals surface area contributed by atoms with Crippen LogP contribution in [0.4, 0.5) is 0 Å². The number of aromatic hydroxyl groups is 1. The molecule has 0 amide bonds. The van der Waals surface area contributed by atoms with Gasteiger partial charge < -0.3 is 20.1 Å². The van der Waals surface area contributed by atoms with Crippen LogP contribution >= 0.6 is 0 Å². The first kappa shape index (κ1) is 9.48. The van der Waals surface area contributed by atoms with Crippen LogP contribution in [0, 0.1) is 0 Å². The normalized spacial score (nSPS) is 20.8. The van der Waals surface area contributed by atoms with Crippen molar-refractivity contribution in [2.75, 3.05) is 13.2 Å². The van der Waals surface area contributed by atoms with E-state index in [0.29, 0.717) is 6.54 Å². The van der Waals surface area contributed by atoms with Crippen LogP contribution in [0.2, 0.25) is 0 Å². The maximum absolute atomic E-state index is 9.46. The first-order chi connectivity index (χ1) is 6.83. The Balaban J connectivity index is 2.16. The van der Waals surface area contributed by atoms with E-state index >= 15 is 0 Å². The van der Waals surface area contributed by atoms with Crippen molar-refractivity contribution >= 4 is 0 Å². The van der Waals surface area contributed by atoms with Gasteiger partial charge in [-0.25, -0.2) is 0 Å². The fourth-order valence-corrected chi connectivity index (χ4v) is 1.91. The molecule has 1 aliphatic rings. The van der Waals surface area contributed by atoms with Crippen molar-refractivity contribution in [1.29, 1.82) is 0 Å². The molecule has 2 rings (SSSR count). The fourth-order valence-electron chi connectivity index (χ4n) is 1.91. The minimum absolute atomic E-state index is 0.0184. The quantitative estimate of drug-likeness (QED) is 0.652. The van der Waals surface area contributed by atoms with Gasteiger partial charge in [-0.05, 0) is 18.0 Å². The highest BCUT2D eigenvalue weighted by atomic mass is 16.5. The second kappa shape index (κ2) is 3.98. The highest BCUT2D eigenvalue weighted by Crippen LogP contribution is 2.35. The van der Waals surface area contributed by atoms with E-state index in [2.05, 4.69) is 10.5 Å². The largest absolute Gasteiger partial charge is 0.491 e. The van der Waals surface area contributed by atoms with Crippen molar-refractivity contribution in [3.05, 3.63) is 11.3 Å². The number of nitrogens with zero attached hydrogens (tertiary/aromatic N) is 1. The average molecular weight is 198 g/mol. The molecule has 1 aliphatic carbocycles. The number of aliphatic hydroxyl groups excluding tert-OH is 1. The van der Waals surface area contributed by atoms with E-state index < -0.39 is 0 Å². The second-order valence-corrected chi connectivity index (χ2v) is 3.47. The molecule has 0 aromatic carbocycles. The van der Waals surface area contributed by atoms with Crippen molar-refractivity contribution in [1.82, 2.24) is 10.5 Å². The van der Waals surface area contributed by atoms with Gasteiger partial charge in [0.15, 0.2) is 0 Å². The van der Waals surface area contributed by atoms with Gasteiger partial charge in [-0.15, -0.1) is 0 Å². The van der Waals surface area contributed by atoms with Crippen molar-refractivity contribution < 1.29 is 14.7 Å². The van der Waals surface area contributed by atoms with Crippen LogP contribution in [-0.4, -0.2) is 28.5 Å². The van der Waals surface area contributed by atoms with Crippen molar-refractivity contribution in [2.45, 2.75) is 25.3 Å². The molecule has 0 saturated heterocycles. The van der Waals surface area contributed by atoms with Gasteiger partial charge in [0.2, 0.25) is 0 Å². The lowest BCUT2D eigenvalue weighted by Gasteiger charge is -2.21. The van der Waals surface area contributed by atoms with Crippen LogP contribution in [0.3, 0.4) is 0 Å². The molecule has 0 unspecified atom stereocenters. The number of aryl methyl sites for hydroxylation is 1. The standard InChI is InChI=1S/C9H14N2O3/c12-5-4-10-6-2-1-3-7-8(6)9(13)11-14-7/h6,10,12H,1-5H2,(H,11,13)/t6-/m1/s1. The predicted molar refractivity (Wildman–Crippen MR) is 48.9 cm³/mol. The van der Waals surface area contributed by atoms with E-state index in [4.69, 9.17) is 9.63 Å². The monoisotopic (exact) mass is 198 g/mol. The fraction of sp³-hybridized carbons (Fsp3) is 0.667. The molecule has 3 N–H and O–H groups in total. The summed E-state index contributed by atoms with van der Waals surface area (Å²) < 4.78 is 4.99. The van der Waals surface area contributed by atoms with E-state index in [-0.39, 0.29) is 18.5 Å². The molecule has 5 heteroatoms. The number of aromatic nitrogens is 1. The minimum atomic E-state index is -0.0184. The number of nitrogens with one attached hydrogen (secondary N) is 1. The van der Waals surface area contributed by atoms with E-state index in [1.807, 2.05) is 0 Å². The number of hydrogen-bond acceptors (Lipinski definition) is 5. The lowest BCUT2D eigenvalue weighted by molar-refractivity contribution is 0.277. The van der Waals surface area contributed by atoms with Crippen molar-refractivity contribution in [3.63, 3.8) is 0 Å². The molecule has 78 valence electrons. The SMILES string of the molecule is OCCN[C@@H]1CCCc2onc(O)c21. The summed E-state index contributed by atoms with van der Waals surface area (Å²) in [6.45, 7) is 0.618. The third kappa shape index (κ3) is 1.60. The average Bonchev–Trinajstić information content (AvgIpc) is 2.58. The molecule has 14 heavy (non-hydrogen) atoms. The number of aliphatic hydroxyl groups is 1. The number of rotatable bonds is 3. The van der Waals surface area contributed by atoms with Gasteiger partial charge in [0.25, 0.3) is 5.88 Å². The Labute approximate surface area is 81.7 Å². The molecule has 0 fully saturated rings. The summed E-state index contributed by atoms with van der Waals surface area (Å²) >= 11 is 0. The first-order valence-electron chi connectivity index (χ1n) is 4.84. The van der Waals surface area contributed by atoms with Gasteiger partial charge in [0.05, 0.1) is 12.2 Å². The van der Waals surface area contributed by atoms with Gasteiger partial charge in [0, 0.05) is 19.0 Å². The van der Waals surface area contributed by atoms with Gasteiger partial charge in [-0.2, -0.15) is 0 Å². The lowest BCUT2D eigenvalue weighted by atomic mass is 9.93. The Morgan fingerprint density at radius 3 is 3.21 bits per heavy atom. The van der Waals surface area contributed by atoms with Gasteiger partial charge in [-0.1, -0.05) is 0 Å². The summed E-state index contributed by atoms with van der Waals surface area (Å²) in [4.78, 5) is 0. The molecular formula is C9H14N2O3. The minimum Gasteiger partial charge on any atom is -0.491 e. The van der Waals surface area contributed by atoms with Crippen LogP contribution in [0.1, 0.15) is 30.2 Å². The molecule has 1 aromatic heterocycles. The van der Waals surface area contributed by atoms with E-state index in [9.17, 15) is 5.11 Å². The maximum Gasteiger partial charge on any atom is 0.256 e. The van der Waals surface area contributed by atoms with Crippen molar-refractivity contribution in [3.8, 4) is 5.88 Å². The van der Waals surface area contributed by atoms with Gasteiger partial charge in [-0.3, -0.25) is 0 Å². The molecule has 0 aliphatic heterocycles. The first-order valence-corrected chi connectivity index (χ1v) is 4.84. The Bertz CT molecular complexity index is 311. The molecule has 1 atom stereocenters. The van der Waals surface area contributed by atoms with Crippen LogP contribution < -0.4 is 5.32 Å². The third-order valence-electron chi connectivity index (χ3n) is 2.53. The summed E-state index contributed by atoms with van der Waals surface area (Å²) in [6, 6.07) is 0.0668. The molecular weight excluding hydrogens is 184 g/mol. The third-order valence-corrected chi connectivity index (χ3v) is 2.53. The summed E-state index contributed by atoms with van der Waals surface area (Å²) in [5.74, 6) is 0.749. The highest BCUT2D eigenvalue weighted by molar-refractivity contribution is 5.32. The van der Waals surface area contributed by atoms with E-state index in [1.165, 1.54) is 0 Å². The van der Waals surface area contributed by atoms with Crippen LogP contribution in [0.25, 0.3) is 0 Å². The van der Waals surface area contributed by atoms with E-state index in [0.717, 1.165) is 30.6 Å². The lowest BCUT2D eigenvalue weighted by Crippen LogP contribution is -2.27. The number of fused-ring (bicyclic) bond motifs is 1. The Morgan fingerprint density at radius 1 is 1.57 bits per heavy atom. The molecule has 5 nitrogen and oxygen atoms in total. The zero-order chi connectivity index (χ0) is 9.97. The molecule has 0 spiro atoms. The zero-order valence-electron chi connectivity index (χ0n) is 7.86. The smallest absolute Gasteiger partial charge is 0.256 e. The highest BCUT2D eigenvalue weighted by Gasteiger charge is 2.27. The number of hydrogen-bond donors (Lipinski definition) is 3. The van der Waals surface area contributed by atoms with Crippen molar-refractivity contribution in [2.24, 2.45) is 0 Å². The Kier molecular flexibility index (Phi) is 2.69. The van der Waals surface area contributed by atoms with Crippen LogP contribution in [0.15, 0.2) is 4.52 Å². The summed E-state index contributed by atoms with van der Waals surface area (Å²) in [5, 5.41) is 24.8. The van der Waals surface area contributed by atoms with Gasteiger partial charge >= 0.3 is 0 Å². The summed E-state index contributed by atoms with van der Waals surface area (Å²) in [7, 11) is 0. The van der Waals surface area contributed by atoms with Crippen LogP contribution in [-0.2, 0) is 6.42 Å². The Morgan fingerprint density at radius 2 is 2.43 bits per heavy atom. The topological polar surface area (TPSA) is 78.5 Å². The maximum atomic E-state index is 9.46. The molecule has 0 bridgehead atoms. The molecule has 1 aromatic rings. The van der Waals surface area contributed by atoms with Crippen LogP contribution in [0.5, 0.6) is 5.88 Å². The molecule has 1 heterocycles. The summed E-state index contributed by atoms with van der Waals surface area (Å²) in [6.07, 6.45) is 2.80. The second-order valence-electron chi connectivity index (χ2n) is 3.47. The molecule has 0 radical (unpaired) electrons. The van der Waals surface area contributed by atoms with E-state index in [1.54, 1.807) is 0 Å².